The Balaban J connectivity index is 1.47. The molecule has 0 bridgehead atoms. The zero-order valence-electron chi connectivity index (χ0n) is 17.6. The summed E-state index contributed by atoms with van der Waals surface area (Å²) in [6.07, 6.45) is 7.77. The monoisotopic (exact) mass is 433 g/mol. The summed E-state index contributed by atoms with van der Waals surface area (Å²) in [5, 5.41) is 9.67. The molecule has 0 radical (unpaired) electrons. The third-order valence-electron chi connectivity index (χ3n) is 5.97. The minimum Gasteiger partial charge on any atom is -0.450 e. The largest absolute Gasteiger partial charge is 0.450 e. The maximum absolute atomic E-state index is 13.0. The summed E-state index contributed by atoms with van der Waals surface area (Å²) in [4.78, 5) is 38.6. The van der Waals surface area contributed by atoms with Crippen molar-refractivity contribution < 1.29 is 19.1 Å². The van der Waals surface area contributed by atoms with E-state index in [9.17, 15) is 14.4 Å². The third kappa shape index (κ3) is 5.33. The van der Waals surface area contributed by atoms with Crippen LogP contribution in [0.15, 0.2) is 0 Å². The number of amides is 3. The standard InChI is InChI=1S/C22H31N3O4S/c1-2-3-10-29-22(28)24-15-8-9-17-16(11-15)18(20(27)23-12-13-4-5-13)21(30-17)25-19(26)14-6-7-14/h13-15H,2-12H2,1H3,(H,23,27)(H,24,28)(H,25,26). The van der Waals surface area contributed by atoms with E-state index in [1.165, 1.54) is 24.2 Å². The fourth-order valence-electron chi connectivity index (χ4n) is 3.76. The Kier molecular flexibility index (Phi) is 6.61. The first kappa shape index (κ1) is 21.2. The van der Waals surface area contributed by atoms with Gasteiger partial charge in [0.1, 0.15) is 5.00 Å². The maximum atomic E-state index is 13.0. The van der Waals surface area contributed by atoms with E-state index in [1.54, 1.807) is 0 Å². The lowest BCUT2D eigenvalue weighted by Gasteiger charge is -2.24. The van der Waals surface area contributed by atoms with Crippen molar-refractivity contribution in [2.75, 3.05) is 18.5 Å². The number of anilines is 1. The molecule has 1 unspecified atom stereocenters. The van der Waals surface area contributed by atoms with Crippen molar-refractivity contribution in [3.8, 4) is 0 Å². The molecule has 2 fully saturated rings. The van der Waals surface area contributed by atoms with Crippen LogP contribution in [-0.4, -0.2) is 37.1 Å². The van der Waals surface area contributed by atoms with Crippen LogP contribution in [0.1, 0.15) is 72.7 Å². The van der Waals surface area contributed by atoms with E-state index in [0.29, 0.717) is 36.1 Å². The van der Waals surface area contributed by atoms with E-state index in [4.69, 9.17) is 4.74 Å². The van der Waals surface area contributed by atoms with E-state index < -0.39 is 6.09 Å². The second-order valence-electron chi connectivity index (χ2n) is 8.70. The lowest BCUT2D eigenvalue weighted by atomic mass is 9.91. The molecule has 164 valence electrons. The van der Waals surface area contributed by atoms with Gasteiger partial charge in [-0.2, -0.15) is 0 Å². The zero-order chi connectivity index (χ0) is 21.1. The van der Waals surface area contributed by atoms with Gasteiger partial charge < -0.3 is 20.7 Å². The molecule has 0 spiro atoms. The van der Waals surface area contributed by atoms with Crippen LogP contribution < -0.4 is 16.0 Å². The van der Waals surface area contributed by atoms with Crippen LogP contribution in [0.3, 0.4) is 0 Å². The van der Waals surface area contributed by atoms with Crippen LogP contribution in [0.5, 0.6) is 0 Å². The first-order valence-corrected chi connectivity index (χ1v) is 12.0. The number of fused-ring (bicyclic) bond motifs is 1. The summed E-state index contributed by atoms with van der Waals surface area (Å²) >= 11 is 1.51. The number of ether oxygens (including phenoxy) is 1. The number of aryl methyl sites for hydroxylation is 1. The van der Waals surface area contributed by atoms with Crippen LogP contribution in [0, 0.1) is 11.8 Å². The van der Waals surface area contributed by atoms with Crippen LogP contribution in [0.2, 0.25) is 0 Å². The SMILES string of the molecule is CCCCOC(=O)NC1CCc2sc(NC(=O)C3CC3)c(C(=O)NCC3CC3)c2C1. The summed E-state index contributed by atoms with van der Waals surface area (Å²) in [6, 6.07) is -0.0665. The van der Waals surface area contributed by atoms with Crippen molar-refractivity contribution in [1.29, 1.82) is 0 Å². The molecule has 3 amide bonds. The van der Waals surface area contributed by atoms with Gasteiger partial charge in [-0.05, 0) is 62.8 Å². The average Bonchev–Trinajstić information content (AvgIpc) is 3.63. The molecule has 3 aliphatic carbocycles. The Bertz CT molecular complexity index is 814. The molecule has 3 aliphatic rings. The van der Waals surface area contributed by atoms with Gasteiger partial charge in [0.15, 0.2) is 0 Å². The highest BCUT2D eigenvalue weighted by atomic mass is 32.1. The van der Waals surface area contributed by atoms with Crippen molar-refractivity contribution >= 4 is 34.2 Å². The summed E-state index contributed by atoms with van der Waals surface area (Å²) in [7, 11) is 0. The zero-order valence-corrected chi connectivity index (χ0v) is 18.4. The number of carbonyl (C=O) groups is 3. The van der Waals surface area contributed by atoms with Crippen molar-refractivity contribution in [3.05, 3.63) is 16.0 Å². The fourth-order valence-corrected chi connectivity index (χ4v) is 5.00. The molecule has 0 aliphatic heterocycles. The molecule has 3 N–H and O–H groups in total. The summed E-state index contributed by atoms with van der Waals surface area (Å²) in [6.45, 7) is 3.16. The second-order valence-corrected chi connectivity index (χ2v) is 9.80. The number of nitrogens with one attached hydrogen (secondary N) is 3. The van der Waals surface area contributed by atoms with Gasteiger partial charge in [0.2, 0.25) is 5.91 Å². The fraction of sp³-hybridized carbons (Fsp3) is 0.682. The number of hydrogen-bond donors (Lipinski definition) is 3. The molecule has 30 heavy (non-hydrogen) atoms. The van der Waals surface area contributed by atoms with E-state index in [0.717, 1.165) is 49.0 Å². The van der Waals surface area contributed by atoms with Crippen molar-refractivity contribution in [1.82, 2.24) is 10.6 Å². The van der Waals surface area contributed by atoms with Gasteiger partial charge in [-0.15, -0.1) is 11.3 Å². The molecule has 1 aromatic heterocycles. The summed E-state index contributed by atoms with van der Waals surface area (Å²) in [5.41, 5.74) is 1.56. The topological polar surface area (TPSA) is 96.5 Å². The average molecular weight is 434 g/mol. The Hall–Kier alpha value is -2.09. The van der Waals surface area contributed by atoms with Crippen molar-refractivity contribution in [2.45, 2.75) is 70.8 Å². The first-order chi connectivity index (χ1) is 14.5. The van der Waals surface area contributed by atoms with Gasteiger partial charge >= 0.3 is 6.09 Å². The maximum Gasteiger partial charge on any atom is 0.407 e. The van der Waals surface area contributed by atoms with Crippen LogP contribution >= 0.6 is 11.3 Å². The molecular weight excluding hydrogens is 402 g/mol. The molecule has 1 atom stereocenters. The molecule has 1 aromatic rings. The van der Waals surface area contributed by atoms with Gasteiger partial charge in [0, 0.05) is 23.4 Å². The number of thiophene rings is 1. The lowest BCUT2D eigenvalue weighted by Crippen LogP contribution is -2.39. The quantitative estimate of drug-likeness (QED) is 0.518. The van der Waals surface area contributed by atoms with E-state index in [1.807, 2.05) is 0 Å². The van der Waals surface area contributed by atoms with E-state index >= 15 is 0 Å². The van der Waals surface area contributed by atoms with Crippen LogP contribution in [-0.2, 0) is 22.4 Å². The van der Waals surface area contributed by atoms with Gasteiger partial charge in [-0.25, -0.2) is 4.79 Å². The smallest absolute Gasteiger partial charge is 0.407 e. The van der Waals surface area contributed by atoms with Gasteiger partial charge in [-0.3, -0.25) is 9.59 Å². The van der Waals surface area contributed by atoms with E-state index in [-0.39, 0.29) is 23.8 Å². The van der Waals surface area contributed by atoms with Crippen molar-refractivity contribution in [3.63, 3.8) is 0 Å². The Labute approximate surface area is 181 Å². The number of unbranched alkanes of at least 4 members (excludes halogenated alkanes) is 1. The number of alkyl carbamates (subject to hydrolysis) is 1. The Morgan fingerprint density at radius 1 is 1.13 bits per heavy atom. The molecule has 0 saturated heterocycles. The number of hydrogen-bond acceptors (Lipinski definition) is 5. The third-order valence-corrected chi connectivity index (χ3v) is 7.18. The predicted octanol–water partition coefficient (Wildman–Crippen LogP) is 3.62. The molecule has 4 rings (SSSR count). The molecule has 2 saturated carbocycles. The minimum absolute atomic E-state index is 0.0130. The molecular formula is C22H31N3O4S. The normalized spacial score (nSPS) is 20.2. The van der Waals surface area contributed by atoms with Crippen LogP contribution in [0.4, 0.5) is 9.80 Å². The van der Waals surface area contributed by atoms with Gasteiger partial charge in [0.25, 0.3) is 5.91 Å². The molecule has 0 aromatic carbocycles. The molecule has 8 heteroatoms. The summed E-state index contributed by atoms with van der Waals surface area (Å²) in [5.74, 6) is 0.565. The van der Waals surface area contributed by atoms with E-state index in [2.05, 4.69) is 22.9 Å². The highest BCUT2D eigenvalue weighted by Crippen LogP contribution is 2.40. The Morgan fingerprint density at radius 3 is 2.63 bits per heavy atom. The lowest BCUT2D eigenvalue weighted by molar-refractivity contribution is -0.117. The summed E-state index contributed by atoms with van der Waals surface area (Å²) < 4.78 is 5.23. The number of rotatable bonds is 9. The van der Waals surface area contributed by atoms with Crippen LogP contribution in [0.25, 0.3) is 0 Å². The van der Waals surface area contributed by atoms with Gasteiger partial charge in [-0.1, -0.05) is 13.3 Å². The predicted molar refractivity (Wildman–Crippen MR) is 116 cm³/mol. The highest BCUT2D eigenvalue weighted by Gasteiger charge is 2.34. The Morgan fingerprint density at radius 2 is 1.93 bits per heavy atom. The second kappa shape index (κ2) is 9.37. The van der Waals surface area contributed by atoms with Gasteiger partial charge in [0.05, 0.1) is 12.2 Å². The number of carbonyl (C=O) groups excluding carboxylic acids is 3. The first-order valence-electron chi connectivity index (χ1n) is 11.2. The molecule has 7 nitrogen and oxygen atoms in total. The van der Waals surface area contributed by atoms with Crippen molar-refractivity contribution in [2.24, 2.45) is 11.8 Å². The minimum atomic E-state index is -0.394. The molecule has 1 heterocycles. The highest BCUT2D eigenvalue weighted by molar-refractivity contribution is 7.17.